The molecule has 0 spiro atoms. The van der Waals surface area contributed by atoms with Gasteiger partial charge in [-0.15, -0.1) is 0 Å². The molecule has 2 N–H and O–H groups in total. The van der Waals surface area contributed by atoms with E-state index in [0.29, 0.717) is 36.9 Å². The Balaban J connectivity index is 1.06. The molecule has 234 valence electrons. The molecule has 3 aromatic carbocycles. The number of aryl methyl sites for hydroxylation is 1. The van der Waals surface area contributed by atoms with Crippen molar-refractivity contribution in [1.82, 2.24) is 20.2 Å². The second-order valence-corrected chi connectivity index (χ2v) is 12.3. The highest BCUT2D eigenvalue weighted by Gasteiger charge is 2.29. The lowest BCUT2D eigenvalue weighted by molar-refractivity contribution is -0.146. The Labute approximate surface area is 265 Å². The molecule has 6 rings (SSSR count). The van der Waals surface area contributed by atoms with Gasteiger partial charge in [0.2, 0.25) is 0 Å². The van der Waals surface area contributed by atoms with Crippen molar-refractivity contribution in [3.63, 3.8) is 0 Å². The predicted octanol–water partition coefficient (Wildman–Crippen LogP) is 6.23. The number of para-hydroxylation sites is 1. The Hall–Kier alpha value is -4.43. The summed E-state index contributed by atoms with van der Waals surface area (Å²) in [6.45, 7) is 4.67. The van der Waals surface area contributed by atoms with Crippen molar-refractivity contribution in [3.05, 3.63) is 107 Å². The smallest absolute Gasteiger partial charge is 0.308 e. The average Bonchev–Trinajstić information content (AvgIpc) is 3.53. The summed E-state index contributed by atoms with van der Waals surface area (Å²) >= 11 is 0. The molecule has 1 atom stereocenters. The first-order valence-electron chi connectivity index (χ1n) is 16.0. The van der Waals surface area contributed by atoms with Crippen molar-refractivity contribution in [2.24, 2.45) is 11.8 Å². The number of ether oxygens (including phenoxy) is 2. The SMILES string of the molecule is COC(=O)C1CCC(CNC(=O)c2cccc3c2OCCC3NCc2cncn2Cc2ccc(-c3ccccc3C)cc2)CC1. The third kappa shape index (κ3) is 7.12. The van der Waals surface area contributed by atoms with Crippen LogP contribution in [0.2, 0.25) is 0 Å². The Morgan fingerprint density at radius 1 is 0.978 bits per heavy atom. The number of imidazole rings is 1. The molecule has 8 heteroatoms. The number of fused-ring (bicyclic) bond motifs is 1. The number of nitrogens with zero attached hydrogens (tertiary/aromatic N) is 2. The van der Waals surface area contributed by atoms with E-state index in [2.05, 4.69) is 75.6 Å². The van der Waals surface area contributed by atoms with Gasteiger partial charge in [-0.2, -0.15) is 0 Å². The second kappa shape index (κ2) is 14.1. The molecule has 0 bridgehead atoms. The third-order valence-electron chi connectivity index (χ3n) is 9.34. The standard InChI is InChI=1S/C37H42N4O4/c1-25-6-3-4-7-31(25)28-14-12-27(13-15-28)23-41-24-38-21-30(41)22-39-34-18-19-45-35-32(34)8-5-9-33(35)36(42)40-20-26-10-16-29(17-11-26)37(43)44-2/h3-9,12-15,21,24,26,29,34,39H,10-11,16-20,22-23H2,1-2H3,(H,40,42). The highest BCUT2D eigenvalue weighted by Crippen LogP contribution is 2.36. The van der Waals surface area contributed by atoms with E-state index in [1.165, 1.54) is 29.4 Å². The van der Waals surface area contributed by atoms with Crippen molar-refractivity contribution < 1.29 is 19.1 Å². The summed E-state index contributed by atoms with van der Waals surface area (Å²) in [6, 6.07) is 23.1. The number of carbonyl (C=O) groups is 2. The van der Waals surface area contributed by atoms with Crippen LogP contribution >= 0.6 is 0 Å². The number of amides is 1. The molecule has 1 amide bonds. The molecule has 8 nitrogen and oxygen atoms in total. The van der Waals surface area contributed by atoms with Gasteiger partial charge in [-0.25, -0.2) is 4.98 Å². The largest absolute Gasteiger partial charge is 0.492 e. The summed E-state index contributed by atoms with van der Waals surface area (Å²) in [7, 11) is 1.44. The summed E-state index contributed by atoms with van der Waals surface area (Å²) in [5, 5.41) is 6.83. The molecule has 2 aliphatic rings. The molecule has 1 aliphatic carbocycles. The highest BCUT2D eigenvalue weighted by atomic mass is 16.5. The van der Waals surface area contributed by atoms with Gasteiger partial charge < -0.3 is 24.7 Å². The summed E-state index contributed by atoms with van der Waals surface area (Å²) in [5.74, 6) is 0.766. The van der Waals surface area contributed by atoms with E-state index in [0.717, 1.165) is 49.9 Å². The molecule has 1 saturated carbocycles. The molecule has 2 heterocycles. The van der Waals surface area contributed by atoms with Crippen molar-refractivity contribution in [1.29, 1.82) is 0 Å². The number of hydrogen-bond acceptors (Lipinski definition) is 6. The number of rotatable bonds is 10. The number of hydrogen-bond donors (Lipinski definition) is 2. The van der Waals surface area contributed by atoms with E-state index >= 15 is 0 Å². The van der Waals surface area contributed by atoms with Crippen molar-refractivity contribution in [2.75, 3.05) is 20.3 Å². The Bertz CT molecular complexity index is 1620. The van der Waals surface area contributed by atoms with E-state index in [1.54, 1.807) is 0 Å². The monoisotopic (exact) mass is 606 g/mol. The molecule has 0 saturated heterocycles. The lowest BCUT2D eigenvalue weighted by atomic mass is 9.82. The van der Waals surface area contributed by atoms with Gasteiger partial charge in [0.15, 0.2) is 0 Å². The van der Waals surface area contributed by atoms with E-state index in [1.807, 2.05) is 30.7 Å². The van der Waals surface area contributed by atoms with E-state index in [9.17, 15) is 9.59 Å². The fraction of sp³-hybridized carbons (Fsp3) is 0.378. The molecule has 1 fully saturated rings. The number of esters is 1. The third-order valence-corrected chi connectivity index (χ3v) is 9.34. The number of aromatic nitrogens is 2. The van der Waals surface area contributed by atoms with Crippen LogP contribution in [0.1, 0.15) is 70.9 Å². The van der Waals surface area contributed by atoms with E-state index in [-0.39, 0.29) is 23.8 Å². The van der Waals surface area contributed by atoms with Gasteiger partial charge in [0.1, 0.15) is 5.75 Å². The minimum Gasteiger partial charge on any atom is -0.492 e. The van der Waals surface area contributed by atoms with Crippen LogP contribution in [0.25, 0.3) is 11.1 Å². The van der Waals surface area contributed by atoms with Gasteiger partial charge in [-0.1, -0.05) is 60.7 Å². The van der Waals surface area contributed by atoms with Crippen molar-refractivity contribution >= 4 is 11.9 Å². The number of benzene rings is 3. The fourth-order valence-corrected chi connectivity index (χ4v) is 6.67. The predicted molar refractivity (Wildman–Crippen MR) is 174 cm³/mol. The van der Waals surface area contributed by atoms with Gasteiger partial charge in [0.05, 0.1) is 37.2 Å². The quantitative estimate of drug-likeness (QED) is 0.208. The minimum absolute atomic E-state index is 0.0181. The summed E-state index contributed by atoms with van der Waals surface area (Å²) < 4.78 is 13.1. The normalized spacial score (nSPS) is 19.3. The van der Waals surface area contributed by atoms with Crippen LogP contribution in [-0.4, -0.2) is 41.7 Å². The Kier molecular flexibility index (Phi) is 9.60. The van der Waals surface area contributed by atoms with Crippen LogP contribution in [-0.2, 0) is 22.6 Å². The summed E-state index contributed by atoms with van der Waals surface area (Å²) in [4.78, 5) is 29.5. The average molecular weight is 607 g/mol. The zero-order valence-corrected chi connectivity index (χ0v) is 26.1. The maximum absolute atomic E-state index is 13.3. The molecular formula is C37H42N4O4. The topological polar surface area (TPSA) is 94.5 Å². The Morgan fingerprint density at radius 2 is 1.78 bits per heavy atom. The van der Waals surface area contributed by atoms with Crippen molar-refractivity contribution in [3.8, 4) is 16.9 Å². The first kappa shape index (κ1) is 30.6. The fourth-order valence-electron chi connectivity index (χ4n) is 6.67. The van der Waals surface area contributed by atoms with Crippen molar-refractivity contribution in [2.45, 2.75) is 58.2 Å². The van der Waals surface area contributed by atoms with E-state index in [4.69, 9.17) is 9.47 Å². The molecule has 1 unspecified atom stereocenters. The lowest BCUT2D eigenvalue weighted by Gasteiger charge is -2.29. The number of methoxy groups -OCH3 is 1. The van der Waals surface area contributed by atoms with Crippen LogP contribution in [0, 0.1) is 18.8 Å². The first-order valence-corrected chi connectivity index (χ1v) is 16.0. The lowest BCUT2D eigenvalue weighted by Crippen LogP contribution is -2.34. The van der Waals surface area contributed by atoms with Gasteiger partial charge in [0.25, 0.3) is 5.91 Å². The van der Waals surface area contributed by atoms with Crippen LogP contribution in [0.3, 0.4) is 0 Å². The van der Waals surface area contributed by atoms with Crippen LogP contribution in [0.5, 0.6) is 5.75 Å². The second-order valence-electron chi connectivity index (χ2n) is 12.3. The maximum Gasteiger partial charge on any atom is 0.308 e. The summed E-state index contributed by atoms with van der Waals surface area (Å²) in [6.07, 6.45) is 8.05. The summed E-state index contributed by atoms with van der Waals surface area (Å²) in [5.41, 5.74) is 7.64. The molecule has 4 aromatic rings. The number of carbonyl (C=O) groups excluding carboxylic acids is 2. The molecule has 1 aliphatic heterocycles. The molecular weight excluding hydrogens is 564 g/mol. The first-order chi connectivity index (χ1) is 22.0. The van der Waals surface area contributed by atoms with Crippen LogP contribution < -0.4 is 15.4 Å². The molecule has 0 radical (unpaired) electrons. The highest BCUT2D eigenvalue weighted by molar-refractivity contribution is 5.97. The molecule has 1 aromatic heterocycles. The van der Waals surface area contributed by atoms with Gasteiger partial charge >= 0.3 is 5.97 Å². The zero-order valence-electron chi connectivity index (χ0n) is 26.1. The minimum atomic E-state index is -0.123. The molecule has 45 heavy (non-hydrogen) atoms. The Morgan fingerprint density at radius 3 is 2.56 bits per heavy atom. The van der Waals surface area contributed by atoms with E-state index < -0.39 is 0 Å². The number of nitrogens with one attached hydrogen (secondary N) is 2. The van der Waals surface area contributed by atoms with Crippen LogP contribution in [0.15, 0.2) is 79.3 Å². The van der Waals surface area contributed by atoms with Gasteiger partial charge in [-0.05, 0) is 66.8 Å². The zero-order chi connectivity index (χ0) is 31.2. The van der Waals surface area contributed by atoms with Gasteiger partial charge in [0, 0.05) is 43.9 Å². The van der Waals surface area contributed by atoms with Gasteiger partial charge in [-0.3, -0.25) is 9.59 Å². The maximum atomic E-state index is 13.3. The van der Waals surface area contributed by atoms with Crippen LogP contribution in [0.4, 0.5) is 0 Å².